The zero-order valence-corrected chi connectivity index (χ0v) is 15.7. The fourth-order valence-corrected chi connectivity index (χ4v) is 2.86. The van der Waals surface area contributed by atoms with Crippen molar-refractivity contribution in [2.75, 3.05) is 25.5 Å². The van der Waals surface area contributed by atoms with Crippen molar-refractivity contribution >= 4 is 23.1 Å². The number of thiazole rings is 1. The van der Waals surface area contributed by atoms with Crippen LogP contribution in [0.25, 0.3) is 0 Å². The number of rotatable bonds is 7. The quantitative estimate of drug-likeness (QED) is 0.595. The number of aliphatic imine (C=N–C) groups is 1. The van der Waals surface area contributed by atoms with E-state index in [4.69, 9.17) is 0 Å². The van der Waals surface area contributed by atoms with E-state index in [0.717, 1.165) is 35.4 Å². The second-order valence-corrected chi connectivity index (χ2v) is 6.70. The molecule has 24 heavy (non-hydrogen) atoms. The molecular weight excluding hydrogens is 320 g/mol. The standard InChI is InChI=1S/C17H26N6S/c1-5-14-11-19-16(24-14)12-21-17(18-6-2)20-10-13-8-7-9-15(22-13)23(3)4/h7-9,11H,5-6,10,12H2,1-4H3,(H2,18,20,21). The molecule has 0 aliphatic rings. The Morgan fingerprint density at radius 2 is 2.08 bits per heavy atom. The second kappa shape index (κ2) is 9.22. The minimum Gasteiger partial charge on any atom is -0.363 e. The maximum atomic E-state index is 4.62. The van der Waals surface area contributed by atoms with Gasteiger partial charge in [0.05, 0.1) is 18.8 Å². The van der Waals surface area contributed by atoms with Gasteiger partial charge in [-0.15, -0.1) is 11.3 Å². The molecule has 2 heterocycles. The predicted molar refractivity (Wildman–Crippen MR) is 102 cm³/mol. The number of nitrogens with zero attached hydrogens (tertiary/aromatic N) is 4. The second-order valence-electron chi connectivity index (χ2n) is 5.50. The Kier molecular flexibility index (Phi) is 6.99. The van der Waals surface area contributed by atoms with Gasteiger partial charge in [0.25, 0.3) is 0 Å². The molecule has 0 radical (unpaired) electrons. The summed E-state index contributed by atoms with van der Waals surface area (Å²) >= 11 is 1.74. The zero-order valence-electron chi connectivity index (χ0n) is 14.8. The van der Waals surface area contributed by atoms with Gasteiger partial charge in [0.2, 0.25) is 0 Å². The van der Waals surface area contributed by atoms with Gasteiger partial charge >= 0.3 is 0 Å². The molecule has 0 amide bonds. The molecule has 130 valence electrons. The summed E-state index contributed by atoms with van der Waals surface area (Å²) in [5.41, 5.74) is 0.945. The van der Waals surface area contributed by atoms with Gasteiger partial charge in [0.15, 0.2) is 5.96 Å². The van der Waals surface area contributed by atoms with E-state index in [1.165, 1.54) is 4.88 Å². The average molecular weight is 347 g/mol. The van der Waals surface area contributed by atoms with Crippen molar-refractivity contribution in [1.82, 2.24) is 20.6 Å². The minimum absolute atomic E-state index is 0.537. The fourth-order valence-electron chi connectivity index (χ4n) is 2.06. The van der Waals surface area contributed by atoms with E-state index in [1.807, 2.05) is 43.4 Å². The molecule has 0 aliphatic heterocycles. The average Bonchev–Trinajstić information content (AvgIpc) is 3.05. The number of guanidine groups is 1. The Hall–Kier alpha value is -2.15. The van der Waals surface area contributed by atoms with Crippen molar-refractivity contribution in [3.63, 3.8) is 0 Å². The fraction of sp³-hybridized carbons (Fsp3) is 0.471. The Labute approximate surface area is 148 Å². The number of aromatic nitrogens is 2. The molecular formula is C17H26N6S. The van der Waals surface area contributed by atoms with E-state index >= 15 is 0 Å². The van der Waals surface area contributed by atoms with E-state index in [0.29, 0.717) is 13.1 Å². The Morgan fingerprint density at radius 3 is 2.75 bits per heavy atom. The molecule has 0 saturated carbocycles. The van der Waals surface area contributed by atoms with Crippen molar-refractivity contribution in [2.24, 2.45) is 4.99 Å². The van der Waals surface area contributed by atoms with Gasteiger partial charge in [0, 0.05) is 31.7 Å². The normalized spacial score (nSPS) is 11.4. The van der Waals surface area contributed by atoms with Crippen molar-refractivity contribution < 1.29 is 0 Å². The lowest BCUT2D eigenvalue weighted by Crippen LogP contribution is -2.36. The summed E-state index contributed by atoms with van der Waals surface area (Å²) < 4.78 is 0. The van der Waals surface area contributed by atoms with E-state index in [-0.39, 0.29) is 0 Å². The molecule has 2 rings (SSSR count). The molecule has 2 aromatic rings. The maximum Gasteiger partial charge on any atom is 0.191 e. The topological polar surface area (TPSA) is 65.4 Å². The van der Waals surface area contributed by atoms with Gasteiger partial charge in [-0.2, -0.15) is 0 Å². The first kappa shape index (κ1) is 18.2. The van der Waals surface area contributed by atoms with Gasteiger partial charge in [-0.05, 0) is 25.5 Å². The molecule has 2 aromatic heterocycles. The highest BCUT2D eigenvalue weighted by molar-refractivity contribution is 7.11. The Bertz CT molecular complexity index is 665. The lowest BCUT2D eigenvalue weighted by molar-refractivity contribution is 0.807. The molecule has 0 aromatic carbocycles. The summed E-state index contributed by atoms with van der Waals surface area (Å²) in [4.78, 5) is 16.9. The first-order chi connectivity index (χ1) is 11.6. The predicted octanol–water partition coefficient (Wildman–Crippen LogP) is 2.42. The van der Waals surface area contributed by atoms with Gasteiger partial charge in [-0.3, -0.25) is 0 Å². The Morgan fingerprint density at radius 1 is 1.25 bits per heavy atom. The molecule has 0 saturated heterocycles. The summed E-state index contributed by atoms with van der Waals surface area (Å²) in [6.07, 6.45) is 2.97. The van der Waals surface area contributed by atoms with Gasteiger partial charge in [-0.1, -0.05) is 13.0 Å². The number of pyridine rings is 1. The first-order valence-corrected chi connectivity index (χ1v) is 9.03. The van der Waals surface area contributed by atoms with Gasteiger partial charge in [-0.25, -0.2) is 15.0 Å². The number of aryl methyl sites for hydroxylation is 1. The van der Waals surface area contributed by atoms with Crippen LogP contribution in [0.1, 0.15) is 29.4 Å². The highest BCUT2D eigenvalue weighted by atomic mass is 32.1. The SMILES string of the molecule is CCNC(=NCc1cccc(N(C)C)n1)NCc1ncc(CC)s1. The summed E-state index contributed by atoms with van der Waals surface area (Å²) in [6.45, 7) is 6.23. The van der Waals surface area contributed by atoms with Gasteiger partial charge < -0.3 is 15.5 Å². The lowest BCUT2D eigenvalue weighted by Gasteiger charge is -2.12. The molecule has 0 unspecified atom stereocenters. The molecule has 0 atom stereocenters. The van der Waals surface area contributed by atoms with Crippen LogP contribution in [0.15, 0.2) is 29.4 Å². The van der Waals surface area contributed by atoms with E-state index in [1.54, 1.807) is 11.3 Å². The van der Waals surface area contributed by atoms with Crippen LogP contribution in [0.4, 0.5) is 5.82 Å². The summed E-state index contributed by atoms with van der Waals surface area (Å²) in [5, 5.41) is 7.66. The van der Waals surface area contributed by atoms with E-state index in [9.17, 15) is 0 Å². The highest BCUT2D eigenvalue weighted by Crippen LogP contribution is 2.13. The smallest absolute Gasteiger partial charge is 0.191 e. The third-order valence-electron chi connectivity index (χ3n) is 3.35. The number of hydrogen-bond donors (Lipinski definition) is 2. The maximum absolute atomic E-state index is 4.62. The van der Waals surface area contributed by atoms with Crippen LogP contribution >= 0.6 is 11.3 Å². The zero-order chi connectivity index (χ0) is 17.4. The number of anilines is 1. The molecule has 0 aliphatic carbocycles. The van der Waals surface area contributed by atoms with Crippen molar-refractivity contribution in [3.8, 4) is 0 Å². The number of hydrogen-bond acceptors (Lipinski definition) is 5. The summed E-state index contributed by atoms with van der Waals surface area (Å²) in [6, 6.07) is 5.99. The monoisotopic (exact) mass is 346 g/mol. The third-order valence-corrected chi connectivity index (χ3v) is 4.49. The van der Waals surface area contributed by atoms with Crippen LogP contribution in [0.5, 0.6) is 0 Å². The molecule has 6 nitrogen and oxygen atoms in total. The van der Waals surface area contributed by atoms with Crippen molar-refractivity contribution in [2.45, 2.75) is 33.4 Å². The molecule has 0 bridgehead atoms. The molecule has 2 N–H and O–H groups in total. The molecule has 7 heteroatoms. The largest absolute Gasteiger partial charge is 0.363 e. The van der Waals surface area contributed by atoms with Crippen LogP contribution in [0, 0.1) is 0 Å². The highest BCUT2D eigenvalue weighted by Gasteiger charge is 2.04. The Balaban J connectivity index is 1.98. The van der Waals surface area contributed by atoms with Crippen LogP contribution in [-0.2, 0) is 19.5 Å². The van der Waals surface area contributed by atoms with Gasteiger partial charge in [0.1, 0.15) is 10.8 Å². The van der Waals surface area contributed by atoms with Crippen molar-refractivity contribution in [3.05, 3.63) is 40.0 Å². The van der Waals surface area contributed by atoms with Crippen molar-refractivity contribution in [1.29, 1.82) is 0 Å². The van der Waals surface area contributed by atoms with Crippen LogP contribution < -0.4 is 15.5 Å². The summed E-state index contributed by atoms with van der Waals surface area (Å²) in [5.74, 6) is 1.72. The number of nitrogens with one attached hydrogen (secondary N) is 2. The summed E-state index contributed by atoms with van der Waals surface area (Å²) in [7, 11) is 3.97. The van der Waals surface area contributed by atoms with Crippen LogP contribution in [0.3, 0.4) is 0 Å². The molecule has 0 fully saturated rings. The van der Waals surface area contributed by atoms with Crippen LogP contribution in [0.2, 0.25) is 0 Å². The first-order valence-electron chi connectivity index (χ1n) is 8.21. The van der Waals surface area contributed by atoms with E-state index in [2.05, 4.69) is 39.4 Å². The van der Waals surface area contributed by atoms with E-state index < -0.39 is 0 Å². The molecule has 0 spiro atoms. The van der Waals surface area contributed by atoms with Crippen LogP contribution in [-0.4, -0.2) is 36.6 Å². The third kappa shape index (κ3) is 5.49. The minimum atomic E-state index is 0.537. The lowest BCUT2D eigenvalue weighted by atomic mass is 10.3.